The van der Waals surface area contributed by atoms with Gasteiger partial charge in [0.2, 0.25) is 5.91 Å². The first-order valence-corrected chi connectivity index (χ1v) is 4.63. The fraction of sp³-hybridized carbons (Fsp3) is 0.889. The van der Waals surface area contributed by atoms with Crippen LogP contribution >= 0.6 is 0 Å². The average molecular weight is 168 g/mol. The standard InChI is InChI=1S/C9H16N2O/c1-9(2,7-3-4-7)11-6-10-5-8(11)12/h7,10H,3-6H2,1-2H3. The lowest BCUT2D eigenvalue weighted by molar-refractivity contribution is -0.131. The SMILES string of the molecule is CC(C)(C1CC1)N1CNCC1=O. The van der Waals surface area contributed by atoms with E-state index in [2.05, 4.69) is 19.2 Å². The Morgan fingerprint density at radius 1 is 1.50 bits per heavy atom. The summed E-state index contributed by atoms with van der Waals surface area (Å²) >= 11 is 0. The molecule has 2 aliphatic rings. The summed E-state index contributed by atoms with van der Waals surface area (Å²) in [7, 11) is 0. The zero-order valence-corrected chi connectivity index (χ0v) is 7.76. The van der Waals surface area contributed by atoms with Gasteiger partial charge in [0.15, 0.2) is 0 Å². The van der Waals surface area contributed by atoms with Gasteiger partial charge in [-0.05, 0) is 32.6 Å². The summed E-state index contributed by atoms with van der Waals surface area (Å²) in [5, 5.41) is 3.09. The number of rotatable bonds is 2. The van der Waals surface area contributed by atoms with E-state index in [0.717, 1.165) is 12.6 Å². The van der Waals surface area contributed by atoms with E-state index in [1.54, 1.807) is 0 Å². The van der Waals surface area contributed by atoms with Gasteiger partial charge in [-0.15, -0.1) is 0 Å². The second kappa shape index (κ2) is 2.46. The van der Waals surface area contributed by atoms with Crippen LogP contribution in [0.15, 0.2) is 0 Å². The molecule has 0 bridgehead atoms. The molecule has 1 amide bonds. The van der Waals surface area contributed by atoms with Gasteiger partial charge in [0.25, 0.3) is 0 Å². The third kappa shape index (κ3) is 1.12. The molecule has 0 aromatic rings. The minimum absolute atomic E-state index is 0.0839. The Hall–Kier alpha value is -0.570. The fourth-order valence-electron chi connectivity index (χ4n) is 1.99. The first-order chi connectivity index (χ1) is 5.62. The highest BCUT2D eigenvalue weighted by Crippen LogP contribution is 2.42. The number of nitrogens with one attached hydrogen (secondary N) is 1. The zero-order chi connectivity index (χ0) is 8.77. The first-order valence-electron chi connectivity index (χ1n) is 4.63. The second-order valence-electron chi connectivity index (χ2n) is 4.33. The van der Waals surface area contributed by atoms with Crippen LogP contribution in [0.25, 0.3) is 0 Å². The second-order valence-corrected chi connectivity index (χ2v) is 4.33. The summed E-state index contributed by atoms with van der Waals surface area (Å²) in [4.78, 5) is 13.4. The molecule has 2 rings (SSSR count). The molecule has 0 aromatic heterocycles. The molecule has 0 aromatic carbocycles. The van der Waals surface area contributed by atoms with Crippen molar-refractivity contribution in [1.29, 1.82) is 0 Å². The minimum Gasteiger partial charge on any atom is -0.323 e. The maximum atomic E-state index is 11.4. The van der Waals surface area contributed by atoms with E-state index in [1.807, 2.05) is 4.90 Å². The van der Waals surface area contributed by atoms with Gasteiger partial charge in [-0.25, -0.2) is 0 Å². The molecule has 1 aliphatic carbocycles. The number of nitrogens with zero attached hydrogens (tertiary/aromatic N) is 1. The van der Waals surface area contributed by atoms with Gasteiger partial charge in [-0.1, -0.05) is 0 Å². The molecule has 12 heavy (non-hydrogen) atoms. The molecule has 1 saturated heterocycles. The van der Waals surface area contributed by atoms with Crippen LogP contribution in [-0.4, -0.2) is 29.6 Å². The molecular weight excluding hydrogens is 152 g/mol. The molecule has 0 unspecified atom stereocenters. The molecule has 1 heterocycles. The number of carbonyl (C=O) groups excluding carboxylic acids is 1. The van der Waals surface area contributed by atoms with Crippen LogP contribution in [0.2, 0.25) is 0 Å². The Balaban J connectivity index is 2.10. The summed E-state index contributed by atoms with van der Waals surface area (Å²) in [5.41, 5.74) is 0.0839. The zero-order valence-electron chi connectivity index (χ0n) is 7.76. The highest BCUT2D eigenvalue weighted by atomic mass is 16.2. The van der Waals surface area contributed by atoms with Gasteiger partial charge in [0.1, 0.15) is 0 Å². The van der Waals surface area contributed by atoms with E-state index in [-0.39, 0.29) is 11.4 Å². The van der Waals surface area contributed by atoms with E-state index >= 15 is 0 Å². The van der Waals surface area contributed by atoms with E-state index in [9.17, 15) is 4.79 Å². The molecule has 0 spiro atoms. The third-order valence-corrected chi connectivity index (χ3v) is 3.12. The fourth-order valence-corrected chi connectivity index (χ4v) is 1.99. The van der Waals surface area contributed by atoms with E-state index in [4.69, 9.17) is 0 Å². The summed E-state index contributed by atoms with van der Waals surface area (Å²) in [6, 6.07) is 0. The molecule has 1 saturated carbocycles. The maximum Gasteiger partial charge on any atom is 0.238 e. The van der Waals surface area contributed by atoms with E-state index in [1.165, 1.54) is 12.8 Å². The van der Waals surface area contributed by atoms with Gasteiger partial charge in [0, 0.05) is 5.54 Å². The molecule has 68 valence electrons. The lowest BCUT2D eigenvalue weighted by Gasteiger charge is -2.35. The maximum absolute atomic E-state index is 11.4. The van der Waals surface area contributed by atoms with Crippen LogP contribution in [0.5, 0.6) is 0 Å². The lowest BCUT2D eigenvalue weighted by atomic mass is 9.97. The van der Waals surface area contributed by atoms with E-state index in [0.29, 0.717) is 6.54 Å². The Morgan fingerprint density at radius 2 is 2.17 bits per heavy atom. The lowest BCUT2D eigenvalue weighted by Crippen LogP contribution is -2.47. The summed E-state index contributed by atoms with van der Waals surface area (Å²) < 4.78 is 0. The van der Waals surface area contributed by atoms with Crippen molar-refractivity contribution in [2.75, 3.05) is 13.2 Å². The Labute approximate surface area is 73.1 Å². The topological polar surface area (TPSA) is 32.3 Å². The predicted octanol–water partition coefficient (Wildman–Crippen LogP) is 0.564. The molecule has 2 fully saturated rings. The average Bonchev–Trinajstić information content (AvgIpc) is 2.75. The van der Waals surface area contributed by atoms with Crippen LogP contribution < -0.4 is 5.32 Å². The van der Waals surface area contributed by atoms with Crippen molar-refractivity contribution in [2.45, 2.75) is 32.2 Å². The summed E-state index contributed by atoms with van der Waals surface area (Å²) in [6.07, 6.45) is 2.58. The molecule has 3 nitrogen and oxygen atoms in total. The van der Waals surface area contributed by atoms with Crippen LogP contribution in [0.4, 0.5) is 0 Å². The summed E-state index contributed by atoms with van der Waals surface area (Å²) in [6.45, 7) is 5.61. The van der Waals surface area contributed by atoms with Crippen LogP contribution in [0.3, 0.4) is 0 Å². The van der Waals surface area contributed by atoms with Crippen molar-refractivity contribution < 1.29 is 4.79 Å². The molecule has 3 heteroatoms. The smallest absolute Gasteiger partial charge is 0.238 e. The van der Waals surface area contributed by atoms with Gasteiger partial charge in [-0.3, -0.25) is 10.1 Å². The quantitative estimate of drug-likeness (QED) is 0.653. The molecule has 1 N–H and O–H groups in total. The van der Waals surface area contributed by atoms with Crippen molar-refractivity contribution in [1.82, 2.24) is 10.2 Å². The highest BCUT2D eigenvalue weighted by Gasteiger charge is 2.45. The third-order valence-electron chi connectivity index (χ3n) is 3.12. The largest absolute Gasteiger partial charge is 0.323 e. The molecule has 0 radical (unpaired) electrons. The van der Waals surface area contributed by atoms with Crippen LogP contribution in [0, 0.1) is 5.92 Å². The van der Waals surface area contributed by atoms with Gasteiger partial charge in [0.05, 0.1) is 13.2 Å². The van der Waals surface area contributed by atoms with Gasteiger partial charge >= 0.3 is 0 Å². The number of hydrogen-bond acceptors (Lipinski definition) is 2. The van der Waals surface area contributed by atoms with Crippen molar-refractivity contribution in [3.05, 3.63) is 0 Å². The van der Waals surface area contributed by atoms with Crippen molar-refractivity contribution in [2.24, 2.45) is 5.92 Å². The number of amides is 1. The van der Waals surface area contributed by atoms with Crippen molar-refractivity contribution in [3.63, 3.8) is 0 Å². The first kappa shape index (κ1) is 8.05. The van der Waals surface area contributed by atoms with Crippen molar-refractivity contribution >= 4 is 5.91 Å². The monoisotopic (exact) mass is 168 g/mol. The van der Waals surface area contributed by atoms with E-state index < -0.39 is 0 Å². The normalized spacial score (nSPS) is 25.2. The molecule has 0 atom stereocenters. The van der Waals surface area contributed by atoms with Crippen molar-refractivity contribution in [3.8, 4) is 0 Å². The van der Waals surface area contributed by atoms with Gasteiger partial charge in [-0.2, -0.15) is 0 Å². The summed E-state index contributed by atoms with van der Waals surface area (Å²) in [5.74, 6) is 0.994. The van der Waals surface area contributed by atoms with Crippen LogP contribution in [-0.2, 0) is 4.79 Å². The Morgan fingerprint density at radius 3 is 2.58 bits per heavy atom. The molecular formula is C9H16N2O. The Bertz CT molecular complexity index is 209. The van der Waals surface area contributed by atoms with Crippen LogP contribution in [0.1, 0.15) is 26.7 Å². The Kier molecular flexibility index (Phi) is 1.65. The minimum atomic E-state index is 0.0839. The number of hydrogen-bond donors (Lipinski definition) is 1. The number of carbonyl (C=O) groups is 1. The molecule has 1 aliphatic heterocycles. The highest BCUT2D eigenvalue weighted by molar-refractivity contribution is 5.80. The predicted molar refractivity (Wildman–Crippen MR) is 46.5 cm³/mol. The van der Waals surface area contributed by atoms with Gasteiger partial charge < -0.3 is 4.90 Å².